The van der Waals surface area contributed by atoms with Crippen LogP contribution in [-0.2, 0) is 10.0 Å². The maximum absolute atomic E-state index is 10.9. The quantitative estimate of drug-likeness (QED) is 0.395. The topological polar surface area (TPSA) is 84.2 Å². The number of nitrogens with one attached hydrogen (secondary N) is 2. The molecule has 19 heavy (non-hydrogen) atoms. The summed E-state index contributed by atoms with van der Waals surface area (Å²) in [6.45, 7) is 0.764. The first-order chi connectivity index (χ1) is 8.85. The minimum Gasteiger partial charge on any atom is -0.389 e. The van der Waals surface area contributed by atoms with Crippen LogP contribution in [0, 0.1) is 0 Å². The summed E-state index contributed by atoms with van der Waals surface area (Å²) in [5.41, 5.74) is 7.34. The van der Waals surface area contributed by atoms with Crippen LogP contribution in [0.15, 0.2) is 23.1 Å². The highest BCUT2D eigenvalue weighted by molar-refractivity contribution is 7.98. The molecule has 0 aliphatic rings. The number of benzene rings is 1. The van der Waals surface area contributed by atoms with Gasteiger partial charge in [0.15, 0.2) is 0 Å². The zero-order valence-electron chi connectivity index (χ0n) is 10.8. The van der Waals surface area contributed by atoms with Gasteiger partial charge in [0.05, 0.1) is 6.26 Å². The molecule has 106 valence electrons. The van der Waals surface area contributed by atoms with Gasteiger partial charge in [-0.2, -0.15) is 0 Å². The van der Waals surface area contributed by atoms with Gasteiger partial charge in [-0.15, -0.1) is 11.8 Å². The number of hydrogen-bond donors (Lipinski definition) is 3. The van der Waals surface area contributed by atoms with E-state index in [1.165, 1.54) is 0 Å². The van der Waals surface area contributed by atoms with Gasteiger partial charge in [0.1, 0.15) is 4.99 Å². The molecule has 0 heterocycles. The van der Waals surface area contributed by atoms with Crippen LogP contribution >= 0.6 is 24.0 Å². The van der Waals surface area contributed by atoms with Crippen LogP contribution < -0.4 is 15.8 Å². The molecule has 0 spiro atoms. The Morgan fingerprint density at radius 2 is 2.11 bits per heavy atom. The predicted molar refractivity (Wildman–Crippen MR) is 85.4 cm³/mol. The van der Waals surface area contributed by atoms with Crippen LogP contribution in [0.4, 0.5) is 5.69 Å². The van der Waals surface area contributed by atoms with Crippen LogP contribution in [0.5, 0.6) is 0 Å². The second-order valence-corrected chi connectivity index (χ2v) is 6.96. The number of anilines is 1. The van der Waals surface area contributed by atoms with Crippen molar-refractivity contribution in [3.05, 3.63) is 23.8 Å². The first-order valence-corrected chi connectivity index (χ1v) is 9.03. The molecule has 0 aliphatic heterocycles. The van der Waals surface area contributed by atoms with Crippen molar-refractivity contribution in [2.45, 2.75) is 4.90 Å². The number of nitrogens with two attached hydrogens (primary N) is 1. The van der Waals surface area contributed by atoms with Gasteiger partial charge < -0.3 is 11.1 Å². The summed E-state index contributed by atoms with van der Waals surface area (Å²) in [6, 6.07) is 5.72. The Morgan fingerprint density at radius 3 is 2.63 bits per heavy atom. The van der Waals surface area contributed by atoms with E-state index in [9.17, 15) is 8.42 Å². The average Bonchev–Trinajstić information content (AvgIpc) is 2.32. The molecule has 0 bridgehead atoms. The lowest BCUT2D eigenvalue weighted by molar-refractivity contribution is 0.589. The summed E-state index contributed by atoms with van der Waals surface area (Å²) in [5.74, 6) is 0. The summed E-state index contributed by atoms with van der Waals surface area (Å²) in [7, 11) is -3.16. The van der Waals surface area contributed by atoms with Crippen molar-refractivity contribution in [3.8, 4) is 0 Å². The average molecular weight is 319 g/mol. The fourth-order valence-electron chi connectivity index (χ4n) is 1.54. The molecular formula is C11H17N3O2S3. The molecule has 5 nitrogen and oxygen atoms in total. The van der Waals surface area contributed by atoms with E-state index in [2.05, 4.69) is 10.0 Å². The zero-order chi connectivity index (χ0) is 14.5. The largest absolute Gasteiger partial charge is 0.389 e. The van der Waals surface area contributed by atoms with Crippen molar-refractivity contribution in [2.75, 3.05) is 30.9 Å². The number of thiocarbonyl (C=S) groups is 1. The highest BCUT2D eigenvalue weighted by Crippen LogP contribution is 2.26. The third-order valence-electron chi connectivity index (χ3n) is 2.30. The molecule has 4 N–H and O–H groups in total. The molecule has 0 atom stereocenters. The first kappa shape index (κ1) is 16.2. The van der Waals surface area contributed by atoms with E-state index in [1.807, 2.05) is 24.5 Å². The molecule has 0 fully saturated rings. The van der Waals surface area contributed by atoms with Gasteiger partial charge in [-0.25, -0.2) is 13.1 Å². The third-order valence-corrected chi connectivity index (χ3v) is 4.01. The molecule has 0 aliphatic carbocycles. The van der Waals surface area contributed by atoms with Crippen molar-refractivity contribution in [2.24, 2.45) is 5.73 Å². The Hall–Kier alpha value is -0.830. The number of hydrogen-bond acceptors (Lipinski definition) is 5. The van der Waals surface area contributed by atoms with Gasteiger partial charge in [-0.05, 0) is 18.4 Å². The van der Waals surface area contributed by atoms with Crippen LogP contribution in [0.1, 0.15) is 5.56 Å². The second kappa shape index (κ2) is 7.09. The molecule has 1 aromatic carbocycles. The Balaban J connectivity index is 2.76. The van der Waals surface area contributed by atoms with Gasteiger partial charge in [0.25, 0.3) is 0 Å². The van der Waals surface area contributed by atoms with E-state index in [0.717, 1.165) is 22.4 Å². The lowest BCUT2D eigenvalue weighted by atomic mass is 10.1. The summed E-state index contributed by atoms with van der Waals surface area (Å²) < 4.78 is 24.3. The fourth-order valence-corrected chi connectivity index (χ4v) is 2.93. The standard InChI is InChI=1S/C11H17N3O2S3/c1-18-9-5-3-4-8(10(9)11(12)17)13-6-7-14-19(2,15)16/h3-5,13-14H,6-7H2,1-2H3,(H2,12,17). The van der Waals surface area contributed by atoms with Crippen molar-refractivity contribution in [3.63, 3.8) is 0 Å². The lowest BCUT2D eigenvalue weighted by Crippen LogP contribution is -2.28. The maximum atomic E-state index is 10.9. The predicted octanol–water partition coefficient (Wildman–Crippen LogP) is 1.00. The van der Waals surface area contributed by atoms with Gasteiger partial charge in [-0.3, -0.25) is 0 Å². The molecule has 0 unspecified atom stereocenters. The van der Waals surface area contributed by atoms with Gasteiger partial charge in [0.2, 0.25) is 10.0 Å². The smallest absolute Gasteiger partial charge is 0.208 e. The van der Waals surface area contributed by atoms with Crippen molar-refractivity contribution < 1.29 is 8.42 Å². The van der Waals surface area contributed by atoms with Gasteiger partial charge in [0, 0.05) is 29.2 Å². The number of rotatable bonds is 7. The molecule has 1 aromatic rings. The monoisotopic (exact) mass is 319 g/mol. The molecule has 0 amide bonds. The van der Waals surface area contributed by atoms with Gasteiger partial charge >= 0.3 is 0 Å². The van der Waals surface area contributed by atoms with Crippen molar-refractivity contribution in [1.82, 2.24) is 4.72 Å². The summed E-state index contributed by atoms with van der Waals surface area (Å²) in [5, 5.41) is 3.13. The van der Waals surface area contributed by atoms with Crippen molar-refractivity contribution >= 4 is 44.7 Å². The summed E-state index contributed by atoms with van der Waals surface area (Å²) in [6.07, 6.45) is 3.08. The van der Waals surface area contributed by atoms with Crippen molar-refractivity contribution in [1.29, 1.82) is 0 Å². The highest BCUT2D eigenvalue weighted by Gasteiger charge is 2.10. The third kappa shape index (κ3) is 5.35. The van der Waals surface area contributed by atoms with E-state index in [1.54, 1.807) is 11.8 Å². The van der Waals surface area contributed by atoms with E-state index < -0.39 is 10.0 Å². The molecule has 0 aromatic heterocycles. The molecular weight excluding hydrogens is 302 g/mol. The molecule has 8 heteroatoms. The number of thioether (sulfide) groups is 1. The Kier molecular flexibility index (Phi) is 6.05. The maximum Gasteiger partial charge on any atom is 0.208 e. The zero-order valence-corrected chi connectivity index (χ0v) is 13.2. The van der Waals surface area contributed by atoms with E-state index in [-0.39, 0.29) is 0 Å². The Bertz CT molecular complexity index is 558. The molecule has 0 radical (unpaired) electrons. The Morgan fingerprint density at radius 1 is 1.42 bits per heavy atom. The minimum absolute atomic E-state index is 0.305. The summed E-state index contributed by atoms with van der Waals surface area (Å²) in [4.78, 5) is 1.32. The van der Waals surface area contributed by atoms with Crippen LogP contribution in [0.25, 0.3) is 0 Å². The first-order valence-electron chi connectivity index (χ1n) is 5.50. The lowest BCUT2D eigenvalue weighted by Gasteiger charge is -2.14. The van der Waals surface area contributed by atoms with E-state index in [0.29, 0.717) is 18.1 Å². The normalized spacial score (nSPS) is 11.3. The van der Waals surface area contributed by atoms with Crippen LogP contribution in [-0.4, -0.2) is 39.0 Å². The molecule has 0 saturated heterocycles. The van der Waals surface area contributed by atoms with Gasteiger partial charge in [-0.1, -0.05) is 18.3 Å². The fraction of sp³-hybridized carbons (Fsp3) is 0.364. The second-order valence-electron chi connectivity index (χ2n) is 3.84. The summed E-state index contributed by atoms with van der Waals surface area (Å²) >= 11 is 6.62. The van der Waals surface area contributed by atoms with Crippen LogP contribution in [0.3, 0.4) is 0 Å². The highest BCUT2D eigenvalue weighted by atomic mass is 32.2. The van der Waals surface area contributed by atoms with E-state index >= 15 is 0 Å². The minimum atomic E-state index is -3.16. The Labute approximate surface area is 123 Å². The van der Waals surface area contributed by atoms with E-state index in [4.69, 9.17) is 18.0 Å². The molecule has 1 rings (SSSR count). The van der Waals surface area contributed by atoms with Crippen LogP contribution in [0.2, 0.25) is 0 Å². The SMILES string of the molecule is CSc1cccc(NCCNS(C)(=O)=O)c1C(N)=S. The number of sulfonamides is 1. The molecule has 0 saturated carbocycles.